The van der Waals surface area contributed by atoms with Crippen LogP contribution < -0.4 is 10.9 Å². The lowest BCUT2D eigenvalue weighted by Crippen LogP contribution is -2.32. The molecule has 1 fully saturated rings. The zero-order chi connectivity index (χ0) is 11.0. The first-order chi connectivity index (χ1) is 7.84. The van der Waals surface area contributed by atoms with Gasteiger partial charge in [-0.25, -0.2) is 4.98 Å². The fraction of sp³-hybridized carbons (Fsp3) is 0.455. The summed E-state index contributed by atoms with van der Waals surface area (Å²) in [7, 11) is 0. The molecule has 4 nitrogen and oxygen atoms in total. The Bertz CT molecular complexity index is 554. The highest BCUT2D eigenvalue weighted by Crippen LogP contribution is 2.14. The largest absolute Gasteiger partial charge is 0.312 e. The predicted molar refractivity (Wildman–Crippen MR) is 64.9 cm³/mol. The Morgan fingerprint density at radius 2 is 2.56 bits per heavy atom. The number of rotatable bonds is 2. The summed E-state index contributed by atoms with van der Waals surface area (Å²) in [6, 6.07) is 2.32. The predicted octanol–water partition coefficient (Wildman–Crippen LogP) is 1.21. The molecule has 1 aliphatic rings. The second-order valence-corrected chi connectivity index (χ2v) is 5.05. The number of fused-ring (bicyclic) bond motifs is 1. The summed E-state index contributed by atoms with van der Waals surface area (Å²) in [5.41, 5.74) is 0.902. The van der Waals surface area contributed by atoms with Crippen molar-refractivity contribution in [2.45, 2.75) is 25.4 Å². The van der Waals surface area contributed by atoms with Crippen molar-refractivity contribution in [1.82, 2.24) is 14.9 Å². The molecule has 0 aliphatic carbocycles. The van der Waals surface area contributed by atoms with Crippen LogP contribution in [0, 0.1) is 0 Å². The van der Waals surface area contributed by atoms with E-state index in [2.05, 4.69) is 10.3 Å². The third kappa shape index (κ3) is 1.66. The maximum atomic E-state index is 12.1. The molecule has 84 valence electrons. The van der Waals surface area contributed by atoms with Crippen molar-refractivity contribution in [3.63, 3.8) is 0 Å². The van der Waals surface area contributed by atoms with Gasteiger partial charge in [-0.2, -0.15) is 0 Å². The minimum atomic E-state index is 0.0914. The first kappa shape index (κ1) is 9.99. The minimum Gasteiger partial charge on any atom is -0.312 e. The normalized spacial score (nSPS) is 20.6. The van der Waals surface area contributed by atoms with E-state index in [1.807, 2.05) is 11.4 Å². The first-order valence-corrected chi connectivity index (χ1v) is 6.38. The highest BCUT2D eigenvalue weighted by atomic mass is 32.1. The molecule has 1 saturated heterocycles. The molecule has 0 aromatic carbocycles. The molecule has 1 aliphatic heterocycles. The molecule has 1 N–H and O–H groups in total. The van der Waals surface area contributed by atoms with Gasteiger partial charge in [0.15, 0.2) is 0 Å². The molecule has 0 spiro atoms. The third-order valence-corrected chi connectivity index (χ3v) is 3.91. The second-order valence-electron chi connectivity index (χ2n) is 4.13. The molecule has 2 aromatic heterocycles. The van der Waals surface area contributed by atoms with E-state index in [-0.39, 0.29) is 5.56 Å². The van der Waals surface area contributed by atoms with Crippen LogP contribution in [0.15, 0.2) is 22.6 Å². The van der Waals surface area contributed by atoms with Crippen molar-refractivity contribution in [2.24, 2.45) is 0 Å². The van der Waals surface area contributed by atoms with Crippen LogP contribution in [-0.4, -0.2) is 22.1 Å². The molecule has 0 saturated carbocycles. The number of aromatic nitrogens is 2. The van der Waals surface area contributed by atoms with Gasteiger partial charge in [0.2, 0.25) is 0 Å². The Morgan fingerprint density at radius 1 is 1.62 bits per heavy atom. The van der Waals surface area contributed by atoms with E-state index < -0.39 is 0 Å². The summed E-state index contributed by atoms with van der Waals surface area (Å²) in [6.45, 7) is 1.80. The van der Waals surface area contributed by atoms with Gasteiger partial charge < -0.3 is 5.32 Å². The standard InChI is InChI=1S/C11H13N3OS/c15-11-10-9(3-5-16-10)13-7-14(11)6-8-2-1-4-12-8/h3,5,7-8,12H,1-2,4,6H2/t8-/m0/s1. The van der Waals surface area contributed by atoms with Crippen molar-refractivity contribution >= 4 is 21.6 Å². The maximum absolute atomic E-state index is 12.1. The molecule has 0 bridgehead atoms. The van der Waals surface area contributed by atoms with Crippen LogP contribution >= 0.6 is 11.3 Å². The van der Waals surface area contributed by atoms with E-state index in [9.17, 15) is 4.79 Å². The minimum absolute atomic E-state index is 0.0914. The summed E-state index contributed by atoms with van der Waals surface area (Å²) in [6.07, 6.45) is 4.01. The number of thiophene rings is 1. The Hall–Kier alpha value is -1.20. The summed E-state index contributed by atoms with van der Waals surface area (Å²) in [5, 5.41) is 5.30. The number of nitrogens with one attached hydrogen (secondary N) is 1. The topological polar surface area (TPSA) is 46.9 Å². The molecular formula is C11H13N3OS. The average molecular weight is 235 g/mol. The molecule has 2 aromatic rings. The van der Waals surface area contributed by atoms with Crippen molar-refractivity contribution < 1.29 is 0 Å². The van der Waals surface area contributed by atoms with E-state index in [1.54, 1.807) is 10.9 Å². The van der Waals surface area contributed by atoms with Gasteiger partial charge in [-0.1, -0.05) is 0 Å². The van der Waals surface area contributed by atoms with Crippen molar-refractivity contribution in [1.29, 1.82) is 0 Å². The van der Waals surface area contributed by atoms with Gasteiger partial charge in [0, 0.05) is 12.6 Å². The fourth-order valence-corrected chi connectivity index (χ4v) is 2.95. The van der Waals surface area contributed by atoms with E-state index >= 15 is 0 Å². The molecule has 3 rings (SSSR count). The number of hydrogen-bond acceptors (Lipinski definition) is 4. The van der Waals surface area contributed by atoms with Crippen LogP contribution in [0.1, 0.15) is 12.8 Å². The molecule has 0 unspecified atom stereocenters. The Morgan fingerprint density at radius 3 is 3.38 bits per heavy atom. The van der Waals surface area contributed by atoms with Crippen molar-refractivity contribution in [3.8, 4) is 0 Å². The molecular weight excluding hydrogens is 222 g/mol. The molecule has 16 heavy (non-hydrogen) atoms. The zero-order valence-corrected chi connectivity index (χ0v) is 9.67. The summed E-state index contributed by atoms with van der Waals surface area (Å²) in [4.78, 5) is 16.4. The average Bonchev–Trinajstić information content (AvgIpc) is 2.93. The summed E-state index contributed by atoms with van der Waals surface area (Å²) >= 11 is 1.47. The lowest BCUT2D eigenvalue weighted by molar-refractivity contribution is 0.497. The fourth-order valence-electron chi connectivity index (χ4n) is 2.16. The third-order valence-electron chi connectivity index (χ3n) is 3.02. The maximum Gasteiger partial charge on any atom is 0.271 e. The Kier molecular flexibility index (Phi) is 2.49. The monoisotopic (exact) mass is 235 g/mol. The lowest BCUT2D eigenvalue weighted by Gasteiger charge is -2.11. The number of hydrogen-bond donors (Lipinski definition) is 1. The Labute approximate surface area is 96.9 Å². The Balaban J connectivity index is 1.96. The van der Waals surface area contributed by atoms with Gasteiger partial charge >= 0.3 is 0 Å². The highest BCUT2D eigenvalue weighted by molar-refractivity contribution is 7.17. The zero-order valence-electron chi connectivity index (χ0n) is 8.85. The molecule has 0 amide bonds. The van der Waals surface area contributed by atoms with Crippen molar-refractivity contribution in [3.05, 3.63) is 28.1 Å². The molecule has 3 heterocycles. The summed E-state index contributed by atoms with van der Waals surface area (Å²) in [5.74, 6) is 0. The highest BCUT2D eigenvalue weighted by Gasteiger charge is 2.15. The molecule has 0 radical (unpaired) electrons. The van der Waals surface area contributed by atoms with E-state index in [0.717, 1.165) is 29.7 Å². The lowest BCUT2D eigenvalue weighted by atomic mass is 10.2. The first-order valence-electron chi connectivity index (χ1n) is 5.50. The van der Waals surface area contributed by atoms with Crippen LogP contribution in [-0.2, 0) is 6.54 Å². The summed E-state index contributed by atoms with van der Waals surface area (Å²) < 4.78 is 2.49. The second kappa shape index (κ2) is 3.99. The van der Waals surface area contributed by atoms with Crippen molar-refractivity contribution in [2.75, 3.05) is 6.54 Å². The quantitative estimate of drug-likeness (QED) is 0.851. The van der Waals surface area contributed by atoms with Gasteiger partial charge in [0.25, 0.3) is 5.56 Å². The van der Waals surface area contributed by atoms with Crippen LogP contribution in [0.5, 0.6) is 0 Å². The van der Waals surface area contributed by atoms with E-state index in [1.165, 1.54) is 17.8 Å². The van der Waals surface area contributed by atoms with Gasteiger partial charge in [-0.15, -0.1) is 11.3 Å². The van der Waals surface area contributed by atoms with E-state index in [4.69, 9.17) is 0 Å². The van der Waals surface area contributed by atoms with Gasteiger partial charge in [0.05, 0.1) is 11.8 Å². The van der Waals surface area contributed by atoms with Gasteiger partial charge in [-0.3, -0.25) is 9.36 Å². The van der Waals surface area contributed by atoms with Crippen LogP contribution in [0.2, 0.25) is 0 Å². The van der Waals surface area contributed by atoms with Crippen LogP contribution in [0.4, 0.5) is 0 Å². The van der Waals surface area contributed by atoms with E-state index in [0.29, 0.717) is 6.04 Å². The van der Waals surface area contributed by atoms with Crippen LogP contribution in [0.3, 0.4) is 0 Å². The smallest absolute Gasteiger partial charge is 0.271 e. The van der Waals surface area contributed by atoms with Crippen LogP contribution in [0.25, 0.3) is 10.2 Å². The van der Waals surface area contributed by atoms with Gasteiger partial charge in [-0.05, 0) is 30.8 Å². The molecule has 5 heteroatoms. The molecule has 1 atom stereocenters. The number of nitrogens with zero attached hydrogens (tertiary/aromatic N) is 2. The van der Waals surface area contributed by atoms with Gasteiger partial charge in [0.1, 0.15) is 4.70 Å². The SMILES string of the molecule is O=c1c2sccc2ncn1C[C@@H]1CCCN1.